The molecule has 0 spiro atoms. The number of unbranched alkanes of at least 4 members (excludes halogenated alkanes) is 9. The van der Waals surface area contributed by atoms with Crippen molar-refractivity contribution < 1.29 is 9.90 Å². The summed E-state index contributed by atoms with van der Waals surface area (Å²) < 4.78 is 0. The van der Waals surface area contributed by atoms with E-state index in [-0.39, 0.29) is 0 Å². The second-order valence-electron chi connectivity index (χ2n) is 6.36. The van der Waals surface area contributed by atoms with Gasteiger partial charge in [0.1, 0.15) is 0 Å². The molecule has 1 N–H and O–H groups in total. The lowest BCUT2D eigenvalue weighted by molar-refractivity contribution is -0.137. The van der Waals surface area contributed by atoms with Crippen molar-refractivity contribution in [2.24, 2.45) is 5.92 Å². The highest BCUT2D eigenvalue weighted by molar-refractivity contribution is 5.66. The number of carbonyl (C=O) groups is 1. The van der Waals surface area contributed by atoms with Crippen molar-refractivity contribution in [3.05, 3.63) is 0 Å². The number of carboxylic acids is 1. The minimum absolute atomic E-state index is 0.341. The van der Waals surface area contributed by atoms with Crippen LogP contribution in [-0.2, 0) is 4.79 Å². The van der Waals surface area contributed by atoms with Crippen LogP contribution >= 0.6 is 0 Å². The Morgan fingerprint density at radius 3 is 1.75 bits per heavy atom. The second-order valence-corrected chi connectivity index (χ2v) is 6.36. The van der Waals surface area contributed by atoms with Crippen LogP contribution in [0.15, 0.2) is 0 Å². The highest BCUT2D eigenvalue weighted by Crippen LogP contribution is 2.18. The Kier molecular flexibility index (Phi) is 14.5. The van der Waals surface area contributed by atoms with Gasteiger partial charge in [-0.2, -0.15) is 0 Å². The van der Waals surface area contributed by atoms with Gasteiger partial charge in [-0.15, -0.1) is 0 Å². The van der Waals surface area contributed by atoms with Gasteiger partial charge in [-0.05, 0) is 12.3 Å². The molecule has 0 saturated carbocycles. The predicted molar refractivity (Wildman–Crippen MR) is 87.1 cm³/mol. The van der Waals surface area contributed by atoms with Crippen LogP contribution in [0.1, 0.15) is 104 Å². The van der Waals surface area contributed by atoms with Gasteiger partial charge in [-0.25, -0.2) is 0 Å². The molecule has 0 radical (unpaired) electrons. The van der Waals surface area contributed by atoms with E-state index in [4.69, 9.17) is 5.11 Å². The van der Waals surface area contributed by atoms with Crippen molar-refractivity contribution in [2.45, 2.75) is 104 Å². The Morgan fingerprint density at radius 2 is 1.25 bits per heavy atom. The molecule has 0 heterocycles. The highest BCUT2D eigenvalue weighted by atomic mass is 16.4. The van der Waals surface area contributed by atoms with Crippen LogP contribution in [0, 0.1) is 5.92 Å². The van der Waals surface area contributed by atoms with Crippen LogP contribution in [0.4, 0.5) is 0 Å². The third kappa shape index (κ3) is 15.5. The zero-order valence-electron chi connectivity index (χ0n) is 13.8. The van der Waals surface area contributed by atoms with E-state index in [2.05, 4.69) is 13.8 Å². The fourth-order valence-electron chi connectivity index (χ4n) is 2.72. The molecule has 1 unspecified atom stereocenters. The number of carboxylic acid groups (broad SMARTS) is 1. The first kappa shape index (κ1) is 19.5. The van der Waals surface area contributed by atoms with Crippen molar-refractivity contribution in [2.75, 3.05) is 0 Å². The van der Waals surface area contributed by atoms with Crippen molar-refractivity contribution >= 4 is 5.97 Å². The molecule has 0 saturated heterocycles. The highest BCUT2D eigenvalue weighted by Gasteiger charge is 2.02. The third-order valence-electron chi connectivity index (χ3n) is 4.14. The van der Waals surface area contributed by atoms with Gasteiger partial charge in [0.15, 0.2) is 0 Å². The van der Waals surface area contributed by atoms with Gasteiger partial charge >= 0.3 is 5.97 Å². The van der Waals surface area contributed by atoms with Crippen LogP contribution in [-0.4, -0.2) is 11.1 Å². The fourth-order valence-corrected chi connectivity index (χ4v) is 2.72. The zero-order chi connectivity index (χ0) is 15.1. The van der Waals surface area contributed by atoms with Gasteiger partial charge < -0.3 is 5.11 Å². The smallest absolute Gasteiger partial charge is 0.303 e. The maximum absolute atomic E-state index is 10.4. The molecule has 0 aromatic carbocycles. The summed E-state index contributed by atoms with van der Waals surface area (Å²) in [4.78, 5) is 10.4. The van der Waals surface area contributed by atoms with Gasteiger partial charge in [-0.3, -0.25) is 4.79 Å². The van der Waals surface area contributed by atoms with Gasteiger partial charge in [0.2, 0.25) is 0 Å². The molecular weight excluding hydrogens is 248 g/mol. The van der Waals surface area contributed by atoms with Crippen molar-refractivity contribution in [3.8, 4) is 0 Å². The minimum atomic E-state index is -0.655. The Labute approximate surface area is 126 Å². The summed E-state index contributed by atoms with van der Waals surface area (Å²) in [5, 5.41) is 8.55. The Hall–Kier alpha value is -0.530. The SMILES string of the molecule is CCCCCCCCCC(C)CCCCCCC(=O)O. The molecule has 0 aromatic heterocycles. The first-order chi connectivity index (χ1) is 9.66. The first-order valence-corrected chi connectivity index (χ1v) is 8.88. The van der Waals surface area contributed by atoms with E-state index in [1.54, 1.807) is 0 Å². The predicted octanol–water partition coefficient (Wildman–Crippen LogP) is 6.19. The topological polar surface area (TPSA) is 37.3 Å². The Morgan fingerprint density at radius 1 is 0.800 bits per heavy atom. The summed E-state index contributed by atoms with van der Waals surface area (Å²) >= 11 is 0. The standard InChI is InChI=1S/C18H36O2/c1-3-4-5-6-7-8-11-14-17(2)15-12-9-10-13-16-18(19)20/h17H,3-16H2,1-2H3,(H,19,20). The van der Waals surface area contributed by atoms with Gasteiger partial charge in [-0.1, -0.05) is 90.9 Å². The maximum atomic E-state index is 10.4. The van der Waals surface area contributed by atoms with Crippen molar-refractivity contribution in [3.63, 3.8) is 0 Å². The Bertz CT molecular complexity index is 213. The van der Waals surface area contributed by atoms with E-state index in [1.807, 2.05) is 0 Å². The summed E-state index contributed by atoms with van der Waals surface area (Å²) in [5.41, 5.74) is 0. The minimum Gasteiger partial charge on any atom is -0.481 e. The van der Waals surface area contributed by atoms with E-state index in [0.29, 0.717) is 6.42 Å². The number of aliphatic carboxylic acids is 1. The van der Waals surface area contributed by atoms with Gasteiger partial charge in [0, 0.05) is 6.42 Å². The lowest BCUT2D eigenvalue weighted by Gasteiger charge is -2.10. The molecule has 0 fully saturated rings. The zero-order valence-corrected chi connectivity index (χ0v) is 13.8. The van der Waals surface area contributed by atoms with Crippen LogP contribution in [0.5, 0.6) is 0 Å². The number of hydrogen-bond donors (Lipinski definition) is 1. The summed E-state index contributed by atoms with van der Waals surface area (Å²) in [5.74, 6) is 0.197. The summed E-state index contributed by atoms with van der Waals surface area (Å²) in [7, 11) is 0. The second kappa shape index (κ2) is 14.9. The van der Waals surface area contributed by atoms with E-state index < -0.39 is 5.97 Å². The van der Waals surface area contributed by atoms with E-state index in [0.717, 1.165) is 18.8 Å². The summed E-state index contributed by atoms with van der Waals surface area (Å²) in [6.45, 7) is 4.64. The monoisotopic (exact) mass is 284 g/mol. The van der Waals surface area contributed by atoms with E-state index >= 15 is 0 Å². The molecule has 0 aliphatic heterocycles. The van der Waals surface area contributed by atoms with Crippen LogP contribution < -0.4 is 0 Å². The van der Waals surface area contributed by atoms with Crippen LogP contribution in [0.2, 0.25) is 0 Å². The lowest BCUT2D eigenvalue weighted by atomic mass is 9.96. The molecule has 20 heavy (non-hydrogen) atoms. The summed E-state index contributed by atoms with van der Waals surface area (Å²) in [6, 6.07) is 0. The molecule has 2 nitrogen and oxygen atoms in total. The molecular formula is C18H36O2. The van der Waals surface area contributed by atoms with Crippen molar-refractivity contribution in [1.82, 2.24) is 0 Å². The average Bonchev–Trinajstić information content (AvgIpc) is 2.41. The molecule has 1 atom stereocenters. The van der Waals surface area contributed by atoms with E-state index in [1.165, 1.54) is 70.6 Å². The van der Waals surface area contributed by atoms with Gasteiger partial charge in [0.05, 0.1) is 0 Å². The average molecular weight is 284 g/mol. The lowest BCUT2D eigenvalue weighted by Crippen LogP contribution is -1.96. The molecule has 0 aromatic rings. The first-order valence-electron chi connectivity index (χ1n) is 8.88. The molecule has 0 rings (SSSR count). The Balaban J connectivity index is 3.16. The molecule has 120 valence electrons. The number of rotatable bonds is 15. The van der Waals surface area contributed by atoms with Crippen LogP contribution in [0.3, 0.4) is 0 Å². The van der Waals surface area contributed by atoms with Crippen molar-refractivity contribution in [1.29, 1.82) is 0 Å². The normalized spacial score (nSPS) is 12.5. The molecule has 2 heteroatoms. The van der Waals surface area contributed by atoms with Gasteiger partial charge in [0.25, 0.3) is 0 Å². The molecule has 0 amide bonds. The quantitative estimate of drug-likeness (QED) is 0.364. The number of hydrogen-bond acceptors (Lipinski definition) is 1. The molecule has 0 aliphatic rings. The molecule has 0 bridgehead atoms. The molecule has 0 aliphatic carbocycles. The van der Waals surface area contributed by atoms with Crippen LogP contribution in [0.25, 0.3) is 0 Å². The van der Waals surface area contributed by atoms with E-state index in [9.17, 15) is 4.79 Å². The maximum Gasteiger partial charge on any atom is 0.303 e. The largest absolute Gasteiger partial charge is 0.481 e. The fraction of sp³-hybridized carbons (Fsp3) is 0.944. The summed E-state index contributed by atoms with van der Waals surface area (Å²) in [6.07, 6.45) is 17.3. The third-order valence-corrected chi connectivity index (χ3v) is 4.14.